The second kappa shape index (κ2) is 9.38. The van der Waals surface area contributed by atoms with E-state index in [1.165, 1.54) is 11.8 Å². The Morgan fingerprint density at radius 2 is 1.88 bits per heavy atom. The third kappa shape index (κ3) is 4.72. The van der Waals surface area contributed by atoms with Crippen molar-refractivity contribution in [2.75, 3.05) is 13.7 Å². The molecular formula is C26H24BrN3O4. The number of rotatable bonds is 5. The molecule has 0 atom stereocenters. The molecule has 34 heavy (non-hydrogen) atoms. The maximum Gasteiger partial charge on any atom is 0.343 e. The van der Waals surface area contributed by atoms with Gasteiger partial charge in [-0.3, -0.25) is 4.79 Å². The van der Waals surface area contributed by atoms with Crippen LogP contribution >= 0.6 is 15.9 Å². The summed E-state index contributed by atoms with van der Waals surface area (Å²) in [6.07, 6.45) is 1.58. The molecule has 1 aromatic heterocycles. The van der Waals surface area contributed by atoms with E-state index in [-0.39, 0.29) is 12.2 Å². The fourth-order valence-corrected chi connectivity index (χ4v) is 3.95. The second-order valence-corrected chi connectivity index (χ2v) is 9.69. The van der Waals surface area contributed by atoms with Crippen molar-refractivity contribution < 1.29 is 14.3 Å². The molecule has 0 bridgehead atoms. The molecule has 0 aliphatic carbocycles. The smallest absolute Gasteiger partial charge is 0.343 e. The summed E-state index contributed by atoms with van der Waals surface area (Å²) in [7, 11) is 1.31. The predicted molar refractivity (Wildman–Crippen MR) is 137 cm³/mol. The number of fused-ring (bicyclic) bond motifs is 2. The Hall–Kier alpha value is -3.52. The Morgan fingerprint density at radius 1 is 1.12 bits per heavy atom. The number of nitrogens with zero attached hydrogens (tertiary/aromatic N) is 3. The maximum atomic E-state index is 13.5. The third-order valence-electron chi connectivity index (χ3n) is 5.29. The zero-order valence-electron chi connectivity index (χ0n) is 19.3. The van der Waals surface area contributed by atoms with E-state index in [4.69, 9.17) is 14.5 Å². The van der Waals surface area contributed by atoms with Crippen LogP contribution in [0, 0.1) is 0 Å². The van der Waals surface area contributed by atoms with Gasteiger partial charge in [0.1, 0.15) is 11.6 Å². The van der Waals surface area contributed by atoms with E-state index in [1.807, 2.05) is 63.2 Å². The topological polar surface area (TPSA) is 82.8 Å². The molecule has 8 heteroatoms. The molecule has 0 saturated heterocycles. The molecule has 3 aromatic carbocycles. The van der Waals surface area contributed by atoms with Gasteiger partial charge in [0.15, 0.2) is 6.61 Å². The van der Waals surface area contributed by atoms with Crippen LogP contribution in [0.1, 0.15) is 32.2 Å². The second-order valence-electron chi connectivity index (χ2n) is 8.77. The Balaban J connectivity index is 1.92. The van der Waals surface area contributed by atoms with Gasteiger partial charge >= 0.3 is 5.97 Å². The van der Waals surface area contributed by atoms with E-state index in [1.54, 1.807) is 18.3 Å². The van der Waals surface area contributed by atoms with Gasteiger partial charge < -0.3 is 9.47 Å². The first-order valence-electron chi connectivity index (χ1n) is 10.7. The van der Waals surface area contributed by atoms with Gasteiger partial charge in [0.05, 0.1) is 24.2 Å². The van der Waals surface area contributed by atoms with Crippen molar-refractivity contribution in [3.63, 3.8) is 0 Å². The molecule has 0 radical (unpaired) electrons. The molecular weight excluding hydrogens is 498 g/mol. The van der Waals surface area contributed by atoms with Crippen molar-refractivity contribution in [1.29, 1.82) is 0 Å². The van der Waals surface area contributed by atoms with Crippen molar-refractivity contribution in [2.24, 2.45) is 5.10 Å². The van der Waals surface area contributed by atoms with Crippen LogP contribution in [-0.2, 0) is 14.9 Å². The summed E-state index contributed by atoms with van der Waals surface area (Å²) >= 11 is 3.43. The third-order valence-corrected chi connectivity index (χ3v) is 5.78. The zero-order chi connectivity index (χ0) is 24.5. The van der Waals surface area contributed by atoms with Gasteiger partial charge in [0, 0.05) is 15.5 Å². The average molecular weight is 522 g/mol. The molecule has 4 aromatic rings. The number of methoxy groups -OCH3 is 1. The van der Waals surface area contributed by atoms with E-state index in [9.17, 15) is 9.59 Å². The van der Waals surface area contributed by atoms with Gasteiger partial charge in [-0.05, 0) is 35.0 Å². The van der Waals surface area contributed by atoms with Crippen LogP contribution in [0.2, 0.25) is 0 Å². The molecule has 0 aliphatic heterocycles. The minimum Gasteiger partial charge on any atom is -0.481 e. The number of hydrogen-bond donors (Lipinski definition) is 0. The number of esters is 1. The highest BCUT2D eigenvalue weighted by Gasteiger charge is 2.23. The molecule has 0 amide bonds. The standard InChI is InChI=1S/C26H24BrN3O4/c1-26(2,3)25-29-21-11-10-17(27)13-19(21)24(32)30(25)28-14-20-18-8-6-5-7-16(18)9-12-22(20)34-15-23(31)33-4/h5-14H,15H2,1-4H3. The molecule has 0 saturated carbocycles. The zero-order valence-corrected chi connectivity index (χ0v) is 20.9. The lowest BCUT2D eigenvalue weighted by molar-refractivity contribution is -0.142. The minimum absolute atomic E-state index is 0.242. The fraction of sp³-hybridized carbons (Fsp3) is 0.231. The number of carbonyl (C=O) groups is 1. The van der Waals surface area contributed by atoms with E-state index < -0.39 is 11.4 Å². The summed E-state index contributed by atoms with van der Waals surface area (Å²) in [5, 5.41) is 6.88. The van der Waals surface area contributed by atoms with Crippen LogP contribution in [0.15, 0.2) is 69.0 Å². The maximum absolute atomic E-state index is 13.5. The summed E-state index contributed by atoms with van der Waals surface area (Å²) in [4.78, 5) is 29.9. The molecule has 0 aliphatic rings. The molecule has 0 fully saturated rings. The number of hydrogen-bond acceptors (Lipinski definition) is 6. The van der Waals surface area contributed by atoms with Gasteiger partial charge in [0.25, 0.3) is 5.56 Å². The van der Waals surface area contributed by atoms with Crippen LogP contribution in [-0.4, -0.2) is 35.6 Å². The molecule has 174 valence electrons. The van der Waals surface area contributed by atoms with Crippen LogP contribution < -0.4 is 10.3 Å². The number of benzene rings is 3. The summed E-state index contributed by atoms with van der Waals surface area (Å²) < 4.78 is 12.5. The van der Waals surface area contributed by atoms with Crippen LogP contribution in [0.3, 0.4) is 0 Å². The highest BCUT2D eigenvalue weighted by molar-refractivity contribution is 9.10. The number of aromatic nitrogens is 2. The molecule has 1 heterocycles. The first-order valence-corrected chi connectivity index (χ1v) is 11.5. The lowest BCUT2D eigenvalue weighted by Crippen LogP contribution is -2.29. The van der Waals surface area contributed by atoms with Crippen molar-refractivity contribution in [3.05, 3.63) is 80.8 Å². The van der Waals surface area contributed by atoms with Crippen LogP contribution in [0.4, 0.5) is 0 Å². The Labute approximate surface area is 205 Å². The Bertz CT molecular complexity index is 1490. The van der Waals surface area contributed by atoms with Crippen molar-refractivity contribution in [3.8, 4) is 5.75 Å². The number of halogens is 1. The van der Waals surface area contributed by atoms with Crippen molar-refractivity contribution in [1.82, 2.24) is 9.66 Å². The van der Waals surface area contributed by atoms with E-state index in [2.05, 4.69) is 21.0 Å². The highest BCUT2D eigenvalue weighted by Crippen LogP contribution is 2.28. The molecule has 0 N–H and O–H groups in total. The van der Waals surface area contributed by atoms with Gasteiger partial charge in [-0.25, -0.2) is 9.78 Å². The van der Waals surface area contributed by atoms with E-state index >= 15 is 0 Å². The molecule has 0 spiro atoms. The molecule has 4 rings (SSSR count). The monoisotopic (exact) mass is 521 g/mol. The first-order chi connectivity index (χ1) is 16.2. The number of carbonyl (C=O) groups excluding carboxylic acids is 1. The largest absolute Gasteiger partial charge is 0.481 e. The Morgan fingerprint density at radius 3 is 2.62 bits per heavy atom. The number of ether oxygens (including phenoxy) is 2. The Kier molecular flexibility index (Phi) is 6.52. The lowest BCUT2D eigenvalue weighted by atomic mass is 9.95. The first kappa shape index (κ1) is 23.6. The van der Waals surface area contributed by atoms with Crippen LogP contribution in [0.25, 0.3) is 21.7 Å². The van der Waals surface area contributed by atoms with Gasteiger partial charge in [-0.1, -0.05) is 67.0 Å². The predicted octanol–water partition coefficient (Wildman–Crippen LogP) is 5.04. The highest BCUT2D eigenvalue weighted by atomic mass is 79.9. The normalized spacial score (nSPS) is 11.9. The van der Waals surface area contributed by atoms with Gasteiger partial charge in [-0.15, -0.1) is 0 Å². The van der Waals surface area contributed by atoms with Crippen molar-refractivity contribution in [2.45, 2.75) is 26.2 Å². The fourth-order valence-electron chi connectivity index (χ4n) is 3.59. The van der Waals surface area contributed by atoms with E-state index in [0.717, 1.165) is 15.2 Å². The quantitative estimate of drug-likeness (QED) is 0.271. The summed E-state index contributed by atoms with van der Waals surface area (Å²) in [5.74, 6) is 0.488. The summed E-state index contributed by atoms with van der Waals surface area (Å²) in [6.45, 7) is 5.70. The minimum atomic E-state index is -0.494. The summed E-state index contributed by atoms with van der Waals surface area (Å²) in [6, 6.07) is 16.8. The van der Waals surface area contributed by atoms with Crippen LogP contribution in [0.5, 0.6) is 5.75 Å². The van der Waals surface area contributed by atoms with Crippen molar-refractivity contribution >= 4 is 49.8 Å². The van der Waals surface area contributed by atoms with E-state index in [0.29, 0.717) is 28.0 Å². The van der Waals surface area contributed by atoms with Gasteiger partial charge in [-0.2, -0.15) is 9.78 Å². The summed E-state index contributed by atoms with van der Waals surface area (Å²) in [5.41, 5.74) is 0.533. The molecule has 7 nitrogen and oxygen atoms in total. The average Bonchev–Trinajstić information content (AvgIpc) is 2.81. The molecule has 0 unspecified atom stereocenters. The lowest BCUT2D eigenvalue weighted by Gasteiger charge is -2.21. The SMILES string of the molecule is COC(=O)COc1ccc2ccccc2c1C=Nn1c(C(C)(C)C)nc2ccc(Br)cc2c1=O. The van der Waals surface area contributed by atoms with Gasteiger partial charge in [0.2, 0.25) is 0 Å².